The van der Waals surface area contributed by atoms with Crippen LogP contribution in [-0.2, 0) is 14.8 Å². The van der Waals surface area contributed by atoms with E-state index in [4.69, 9.17) is 9.47 Å². The number of amides is 1. The van der Waals surface area contributed by atoms with Gasteiger partial charge in [0, 0.05) is 26.2 Å². The van der Waals surface area contributed by atoms with Gasteiger partial charge in [0.15, 0.2) is 29.7 Å². The van der Waals surface area contributed by atoms with E-state index < -0.39 is 21.7 Å². The Morgan fingerprint density at radius 3 is 2.20 bits per heavy atom. The molecule has 2 aromatic carbocycles. The highest BCUT2D eigenvalue weighted by molar-refractivity contribution is 7.89. The van der Waals surface area contributed by atoms with Crippen LogP contribution in [0, 0.1) is 11.6 Å². The molecule has 1 fully saturated rings. The number of carbonyl (C=O) groups excluding carboxylic acids is 1. The molecule has 1 aliphatic rings. The van der Waals surface area contributed by atoms with E-state index in [1.165, 1.54) is 4.90 Å². The number of benzene rings is 2. The van der Waals surface area contributed by atoms with Gasteiger partial charge in [-0.25, -0.2) is 17.2 Å². The molecule has 0 atom stereocenters. The van der Waals surface area contributed by atoms with E-state index >= 15 is 0 Å². The van der Waals surface area contributed by atoms with E-state index in [2.05, 4.69) is 0 Å². The summed E-state index contributed by atoms with van der Waals surface area (Å²) in [5.74, 6) is -1.64. The van der Waals surface area contributed by atoms with E-state index in [-0.39, 0.29) is 43.6 Å². The molecule has 1 aliphatic heterocycles. The first kappa shape index (κ1) is 22.0. The lowest BCUT2D eigenvalue weighted by atomic mass is 10.3. The van der Waals surface area contributed by atoms with Crippen molar-refractivity contribution in [3.05, 3.63) is 54.1 Å². The van der Waals surface area contributed by atoms with E-state index in [1.54, 1.807) is 24.3 Å². The third kappa shape index (κ3) is 4.88. The number of nitrogens with zero attached hydrogens (tertiary/aromatic N) is 2. The van der Waals surface area contributed by atoms with Crippen LogP contribution >= 0.6 is 0 Å². The van der Waals surface area contributed by atoms with Gasteiger partial charge in [0.05, 0.1) is 11.5 Å². The Balaban J connectivity index is 1.57. The summed E-state index contributed by atoms with van der Waals surface area (Å²) in [6, 6.07) is 9.46. The molecule has 0 aliphatic carbocycles. The van der Waals surface area contributed by atoms with Crippen LogP contribution in [0.25, 0.3) is 0 Å². The highest BCUT2D eigenvalue weighted by atomic mass is 32.2. The number of carbonyl (C=O) groups is 1. The van der Waals surface area contributed by atoms with Gasteiger partial charge >= 0.3 is 0 Å². The molecule has 7 nitrogen and oxygen atoms in total. The molecular weight excluding hydrogens is 418 g/mol. The summed E-state index contributed by atoms with van der Waals surface area (Å²) in [6.45, 7) is 2.51. The first-order valence-corrected chi connectivity index (χ1v) is 10.8. The average molecular weight is 440 g/mol. The number of hydrogen-bond donors (Lipinski definition) is 0. The van der Waals surface area contributed by atoms with Gasteiger partial charge in [0.2, 0.25) is 10.0 Å². The zero-order valence-corrected chi connectivity index (χ0v) is 17.2. The Morgan fingerprint density at radius 2 is 1.60 bits per heavy atom. The smallest absolute Gasteiger partial charge is 0.260 e. The fourth-order valence-corrected chi connectivity index (χ4v) is 4.47. The van der Waals surface area contributed by atoms with Crippen molar-refractivity contribution in [2.45, 2.75) is 11.8 Å². The largest absolute Gasteiger partial charge is 0.490 e. The molecule has 0 unspecified atom stereocenters. The number of rotatable bonds is 7. The third-order valence-electron chi connectivity index (χ3n) is 4.62. The summed E-state index contributed by atoms with van der Waals surface area (Å²) in [5, 5.41) is 0. The molecule has 30 heavy (non-hydrogen) atoms. The number of sulfonamides is 1. The standard InChI is InChI=1S/C20H22F2N2O5S/c1-2-28-18-5-3-4-6-19(18)29-14-20(25)23-9-11-24(12-10-23)30(26,27)15-7-8-16(21)17(22)13-15/h3-8,13H,2,9-12,14H2,1H3. The minimum atomic E-state index is -3.98. The maximum atomic E-state index is 13.4. The molecule has 0 spiro atoms. The fraction of sp³-hybridized carbons (Fsp3) is 0.350. The van der Waals surface area contributed by atoms with Gasteiger partial charge in [0.1, 0.15) is 0 Å². The zero-order valence-electron chi connectivity index (χ0n) is 16.4. The lowest BCUT2D eigenvalue weighted by Gasteiger charge is -2.34. The molecule has 2 aromatic rings. The van der Waals surface area contributed by atoms with Gasteiger partial charge in [-0.15, -0.1) is 0 Å². The molecule has 1 heterocycles. The van der Waals surface area contributed by atoms with Crippen molar-refractivity contribution in [2.75, 3.05) is 39.4 Å². The Kier molecular flexibility index (Phi) is 6.88. The van der Waals surface area contributed by atoms with Gasteiger partial charge < -0.3 is 14.4 Å². The first-order chi connectivity index (χ1) is 14.3. The van der Waals surface area contributed by atoms with Crippen LogP contribution < -0.4 is 9.47 Å². The SMILES string of the molecule is CCOc1ccccc1OCC(=O)N1CCN(S(=O)(=O)c2ccc(F)c(F)c2)CC1. The van der Waals surface area contributed by atoms with Gasteiger partial charge in [0.25, 0.3) is 5.91 Å². The lowest BCUT2D eigenvalue weighted by Crippen LogP contribution is -2.51. The third-order valence-corrected chi connectivity index (χ3v) is 6.51. The van der Waals surface area contributed by atoms with Crippen LogP contribution in [0.15, 0.2) is 47.4 Å². The van der Waals surface area contributed by atoms with E-state index in [0.29, 0.717) is 24.2 Å². The van der Waals surface area contributed by atoms with Crippen molar-refractivity contribution in [2.24, 2.45) is 0 Å². The molecule has 10 heteroatoms. The van der Waals surface area contributed by atoms with Crippen LogP contribution in [0.2, 0.25) is 0 Å². The van der Waals surface area contributed by atoms with Crippen LogP contribution in [0.3, 0.4) is 0 Å². The highest BCUT2D eigenvalue weighted by Crippen LogP contribution is 2.26. The predicted molar refractivity (Wildman–Crippen MR) is 105 cm³/mol. The minimum absolute atomic E-state index is 0.0442. The van der Waals surface area contributed by atoms with E-state index in [9.17, 15) is 22.0 Å². The normalized spacial score (nSPS) is 15.1. The molecule has 3 rings (SSSR count). The number of para-hydroxylation sites is 2. The van der Waals surface area contributed by atoms with Crippen LogP contribution in [0.4, 0.5) is 8.78 Å². The maximum Gasteiger partial charge on any atom is 0.260 e. The second kappa shape index (κ2) is 9.40. The Hall–Kier alpha value is -2.72. The van der Waals surface area contributed by atoms with Crippen molar-refractivity contribution < 1.29 is 31.5 Å². The van der Waals surface area contributed by atoms with E-state index in [1.807, 2.05) is 6.92 Å². The maximum absolute atomic E-state index is 13.4. The Bertz CT molecular complexity index is 1010. The summed E-state index contributed by atoms with van der Waals surface area (Å²) >= 11 is 0. The van der Waals surface area contributed by atoms with Crippen molar-refractivity contribution in [1.82, 2.24) is 9.21 Å². The monoisotopic (exact) mass is 440 g/mol. The minimum Gasteiger partial charge on any atom is -0.490 e. The van der Waals surface area contributed by atoms with Crippen LogP contribution in [0.5, 0.6) is 11.5 Å². The quantitative estimate of drug-likeness (QED) is 0.660. The summed E-state index contributed by atoms with van der Waals surface area (Å²) < 4.78 is 63.9. The summed E-state index contributed by atoms with van der Waals surface area (Å²) in [5.41, 5.74) is 0. The summed E-state index contributed by atoms with van der Waals surface area (Å²) in [6.07, 6.45) is 0. The predicted octanol–water partition coefficient (Wildman–Crippen LogP) is 2.28. The van der Waals surface area contributed by atoms with Crippen LogP contribution in [0.1, 0.15) is 6.92 Å². The summed E-state index contributed by atoms with van der Waals surface area (Å²) in [7, 11) is -3.98. The molecule has 1 amide bonds. The highest BCUT2D eigenvalue weighted by Gasteiger charge is 2.30. The lowest BCUT2D eigenvalue weighted by molar-refractivity contribution is -0.134. The molecule has 0 saturated carbocycles. The Labute approximate surface area is 173 Å². The fourth-order valence-electron chi connectivity index (χ4n) is 3.04. The topological polar surface area (TPSA) is 76.2 Å². The molecule has 0 radical (unpaired) electrons. The van der Waals surface area contributed by atoms with Gasteiger partial charge in [-0.3, -0.25) is 4.79 Å². The number of hydrogen-bond acceptors (Lipinski definition) is 5. The average Bonchev–Trinajstić information content (AvgIpc) is 2.75. The summed E-state index contributed by atoms with van der Waals surface area (Å²) in [4.78, 5) is 13.6. The second-order valence-corrected chi connectivity index (χ2v) is 8.47. The molecule has 1 saturated heterocycles. The first-order valence-electron chi connectivity index (χ1n) is 9.40. The molecule has 0 bridgehead atoms. The van der Waals surface area contributed by atoms with Crippen molar-refractivity contribution in [3.8, 4) is 11.5 Å². The zero-order chi connectivity index (χ0) is 21.7. The van der Waals surface area contributed by atoms with Crippen molar-refractivity contribution >= 4 is 15.9 Å². The number of ether oxygens (including phenoxy) is 2. The van der Waals surface area contributed by atoms with Gasteiger partial charge in [-0.1, -0.05) is 12.1 Å². The number of halogens is 2. The van der Waals surface area contributed by atoms with E-state index in [0.717, 1.165) is 16.4 Å². The van der Waals surface area contributed by atoms with Crippen LogP contribution in [-0.4, -0.2) is 62.9 Å². The Morgan fingerprint density at radius 1 is 0.967 bits per heavy atom. The molecule has 0 aromatic heterocycles. The van der Waals surface area contributed by atoms with Crippen molar-refractivity contribution in [1.29, 1.82) is 0 Å². The number of piperazine rings is 1. The van der Waals surface area contributed by atoms with Gasteiger partial charge in [-0.2, -0.15) is 4.31 Å². The molecule has 162 valence electrons. The molecule has 0 N–H and O–H groups in total. The van der Waals surface area contributed by atoms with Gasteiger partial charge in [-0.05, 0) is 37.3 Å². The molecular formula is C20H22F2N2O5S. The second-order valence-electron chi connectivity index (χ2n) is 6.53. The van der Waals surface area contributed by atoms with Crippen molar-refractivity contribution in [3.63, 3.8) is 0 Å².